The molecule has 24 heavy (non-hydrogen) atoms. The first kappa shape index (κ1) is 15.7. The molecule has 4 amide bonds. The van der Waals surface area contributed by atoms with Crippen LogP contribution in [-0.2, 0) is 9.59 Å². The van der Waals surface area contributed by atoms with Crippen LogP contribution in [0.5, 0.6) is 0 Å². The van der Waals surface area contributed by atoms with Crippen LogP contribution >= 0.6 is 0 Å². The van der Waals surface area contributed by atoms with Crippen LogP contribution in [-0.4, -0.2) is 17.8 Å². The number of benzene rings is 1. The summed E-state index contributed by atoms with van der Waals surface area (Å²) in [6.07, 6.45) is 1.44. The molecule has 2 aromatic rings. The van der Waals surface area contributed by atoms with Crippen LogP contribution in [0.2, 0.25) is 0 Å². The zero-order chi connectivity index (χ0) is 17.4. The number of anilines is 1. The van der Waals surface area contributed by atoms with Gasteiger partial charge in [0.15, 0.2) is 0 Å². The van der Waals surface area contributed by atoms with Gasteiger partial charge in [-0.1, -0.05) is 12.1 Å². The van der Waals surface area contributed by atoms with Crippen molar-refractivity contribution in [1.29, 1.82) is 0 Å². The van der Waals surface area contributed by atoms with E-state index in [4.69, 9.17) is 4.42 Å². The highest BCUT2D eigenvalue weighted by atomic mass is 16.3. The summed E-state index contributed by atoms with van der Waals surface area (Å²) in [7, 11) is 0. The van der Waals surface area contributed by atoms with Crippen molar-refractivity contribution in [2.75, 3.05) is 4.90 Å². The number of rotatable bonds is 2. The number of nitrogens with one attached hydrogen (secondary N) is 1. The van der Waals surface area contributed by atoms with Gasteiger partial charge in [0.2, 0.25) is 0 Å². The van der Waals surface area contributed by atoms with E-state index in [9.17, 15) is 14.4 Å². The number of hydrogen-bond donors (Lipinski definition) is 1. The van der Waals surface area contributed by atoms with Crippen molar-refractivity contribution >= 4 is 29.6 Å². The molecule has 0 unspecified atom stereocenters. The average Bonchev–Trinajstić information content (AvgIpc) is 2.81. The molecular weight excluding hydrogens is 308 g/mol. The molecule has 0 spiro atoms. The van der Waals surface area contributed by atoms with Crippen molar-refractivity contribution < 1.29 is 18.8 Å². The standard InChI is InChI=1S/C18H16N2O4/c1-10-5-4-6-14(7-10)20-17(22)15(16(21)19-18(20)23)9-13-8-11(2)24-12(13)3/h4-9H,1-3H3,(H,19,21,23)/b15-9+. The lowest BCUT2D eigenvalue weighted by molar-refractivity contribution is -0.122. The van der Waals surface area contributed by atoms with Gasteiger partial charge in [0.1, 0.15) is 17.1 Å². The van der Waals surface area contributed by atoms with E-state index in [1.165, 1.54) is 6.08 Å². The maximum Gasteiger partial charge on any atom is 0.335 e. The minimum atomic E-state index is -0.757. The summed E-state index contributed by atoms with van der Waals surface area (Å²) in [5.41, 5.74) is 1.83. The second kappa shape index (κ2) is 5.81. The number of barbiturate groups is 1. The van der Waals surface area contributed by atoms with E-state index in [-0.39, 0.29) is 5.57 Å². The van der Waals surface area contributed by atoms with Crippen LogP contribution in [0.4, 0.5) is 10.5 Å². The van der Waals surface area contributed by atoms with Crippen molar-refractivity contribution in [3.63, 3.8) is 0 Å². The Hall–Kier alpha value is -3.15. The molecule has 6 nitrogen and oxygen atoms in total. The number of carbonyl (C=O) groups excluding carboxylic acids is 3. The van der Waals surface area contributed by atoms with Crippen LogP contribution in [0.15, 0.2) is 40.3 Å². The van der Waals surface area contributed by atoms with E-state index < -0.39 is 17.8 Å². The van der Waals surface area contributed by atoms with E-state index >= 15 is 0 Å². The summed E-state index contributed by atoms with van der Waals surface area (Å²) >= 11 is 0. The topological polar surface area (TPSA) is 79.6 Å². The molecule has 3 rings (SSSR count). The van der Waals surface area contributed by atoms with Gasteiger partial charge in [0, 0.05) is 5.56 Å². The Morgan fingerprint density at radius 1 is 1.08 bits per heavy atom. The SMILES string of the molecule is Cc1cccc(N2C(=O)NC(=O)/C(=C\c3cc(C)oc3C)C2=O)c1. The first-order chi connectivity index (χ1) is 11.4. The Balaban J connectivity index is 2.05. The summed E-state index contributed by atoms with van der Waals surface area (Å²) < 4.78 is 5.41. The first-order valence-corrected chi connectivity index (χ1v) is 7.42. The molecule has 1 N–H and O–H groups in total. The number of nitrogens with zero attached hydrogens (tertiary/aromatic N) is 1. The molecule has 122 valence electrons. The zero-order valence-corrected chi connectivity index (χ0v) is 13.5. The maximum atomic E-state index is 12.7. The molecule has 1 aromatic heterocycles. The maximum absolute atomic E-state index is 12.7. The van der Waals surface area contributed by atoms with Crippen molar-refractivity contribution in [3.05, 3.63) is 58.6 Å². The zero-order valence-electron chi connectivity index (χ0n) is 13.5. The highest BCUT2D eigenvalue weighted by Gasteiger charge is 2.37. The van der Waals surface area contributed by atoms with E-state index in [1.807, 2.05) is 13.0 Å². The van der Waals surface area contributed by atoms with Gasteiger partial charge < -0.3 is 4.42 Å². The molecule has 1 aliphatic rings. The average molecular weight is 324 g/mol. The monoisotopic (exact) mass is 324 g/mol. The van der Waals surface area contributed by atoms with Gasteiger partial charge in [0.05, 0.1) is 5.69 Å². The number of carbonyl (C=O) groups is 3. The molecule has 1 fully saturated rings. The summed E-state index contributed by atoms with van der Waals surface area (Å²) in [5, 5.41) is 2.20. The first-order valence-electron chi connectivity index (χ1n) is 7.42. The molecule has 0 saturated carbocycles. The molecule has 0 atom stereocenters. The van der Waals surface area contributed by atoms with Gasteiger partial charge in [-0.2, -0.15) is 0 Å². The number of furan rings is 1. The lowest BCUT2D eigenvalue weighted by Gasteiger charge is -2.26. The number of imide groups is 2. The largest absolute Gasteiger partial charge is 0.466 e. The van der Waals surface area contributed by atoms with Crippen molar-refractivity contribution in [2.45, 2.75) is 20.8 Å². The molecule has 1 aliphatic heterocycles. The van der Waals surface area contributed by atoms with Gasteiger partial charge in [-0.3, -0.25) is 14.9 Å². The Morgan fingerprint density at radius 2 is 1.83 bits per heavy atom. The summed E-state index contributed by atoms with van der Waals surface area (Å²) in [6, 6.07) is 7.93. The molecule has 0 aliphatic carbocycles. The van der Waals surface area contributed by atoms with Gasteiger partial charge in [-0.25, -0.2) is 9.69 Å². The Bertz CT molecular complexity index is 892. The summed E-state index contributed by atoms with van der Waals surface area (Å²) in [5.74, 6) is -0.103. The number of urea groups is 1. The smallest absolute Gasteiger partial charge is 0.335 e. The van der Waals surface area contributed by atoms with Crippen LogP contribution in [0.1, 0.15) is 22.6 Å². The fourth-order valence-electron chi connectivity index (χ4n) is 2.61. The fourth-order valence-corrected chi connectivity index (χ4v) is 2.61. The third-order valence-electron chi connectivity index (χ3n) is 3.74. The van der Waals surface area contributed by atoms with Crippen LogP contribution in [0.3, 0.4) is 0 Å². The third-order valence-corrected chi connectivity index (χ3v) is 3.74. The highest BCUT2D eigenvalue weighted by Crippen LogP contribution is 2.24. The fraction of sp³-hybridized carbons (Fsp3) is 0.167. The predicted octanol–water partition coefficient (Wildman–Crippen LogP) is 2.87. The highest BCUT2D eigenvalue weighted by molar-refractivity contribution is 6.39. The normalized spacial score (nSPS) is 16.7. The van der Waals surface area contributed by atoms with E-state index in [0.717, 1.165) is 10.5 Å². The minimum Gasteiger partial charge on any atom is -0.466 e. The second-order valence-corrected chi connectivity index (χ2v) is 5.67. The summed E-state index contributed by atoms with van der Waals surface area (Å²) in [6.45, 7) is 5.38. The van der Waals surface area contributed by atoms with E-state index in [2.05, 4.69) is 5.32 Å². The number of aryl methyl sites for hydroxylation is 3. The number of amides is 4. The quantitative estimate of drug-likeness (QED) is 0.680. The number of hydrogen-bond acceptors (Lipinski definition) is 4. The molecule has 2 heterocycles. The van der Waals surface area contributed by atoms with Gasteiger partial charge >= 0.3 is 6.03 Å². The van der Waals surface area contributed by atoms with Crippen LogP contribution in [0.25, 0.3) is 6.08 Å². The minimum absolute atomic E-state index is 0.111. The molecule has 0 bridgehead atoms. The van der Waals surface area contributed by atoms with Crippen LogP contribution < -0.4 is 10.2 Å². The second-order valence-electron chi connectivity index (χ2n) is 5.67. The predicted molar refractivity (Wildman–Crippen MR) is 88.4 cm³/mol. The Labute approximate surface area is 138 Å². The molecule has 6 heteroatoms. The molecular formula is C18H16N2O4. The van der Waals surface area contributed by atoms with Gasteiger partial charge in [-0.15, -0.1) is 0 Å². The Morgan fingerprint density at radius 3 is 2.46 bits per heavy atom. The third kappa shape index (κ3) is 2.74. The van der Waals surface area contributed by atoms with E-state index in [0.29, 0.717) is 22.8 Å². The van der Waals surface area contributed by atoms with Crippen molar-refractivity contribution in [3.8, 4) is 0 Å². The van der Waals surface area contributed by atoms with E-state index in [1.54, 1.807) is 38.1 Å². The van der Waals surface area contributed by atoms with Gasteiger partial charge in [-0.05, 0) is 50.6 Å². The van der Waals surface area contributed by atoms with Crippen molar-refractivity contribution in [2.24, 2.45) is 0 Å². The van der Waals surface area contributed by atoms with Gasteiger partial charge in [0.25, 0.3) is 11.8 Å². The lowest BCUT2D eigenvalue weighted by atomic mass is 10.1. The summed E-state index contributed by atoms with van der Waals surface area (Å²) in [4.78, 5) is 37.9. The van der Waals surface area contributed by atoms with Crippen LogP contribution in [0, 0.1) is 20.8 Å². The van der Waals surface area contributed by atoms with Crippen molar-refractivity contribution in [1.82, 2.24) is 5.32 Å². The molecule has 1 aromatic carbocycles. The lowest BCUT2D eigenvalue weighted by Crippen LogP contribution is -2.54. The molecule has 0 radical (unpaired) electrons. The molecule has 1 saturated heterocycles. The Kier molecular flexibility index (Phi) is 3.81.